The SMILES string of the molecule is CC(CCl)C(=O)Nc1cccc(Cl)n1. The fourth-order valence-corrected chi connectivity index (χ4v) is 1.10. The molecule has 0 fully saturated rings. The molecule has 3 nitrogen and oxygen atoms in total. The summed E-state index contributed by atoms with van der Waals surface area (Å²) >= 11 is 11.2. The second-order valence-electron chi connectivity index (χ2n) is 2.89. The molecule has 0 saturated heterocycles. The van der Waals surface area contributed by atoms with Gasteiger partial charge in [0.05, 0.1) is 0 Å². The molecule has 0 spiro atoms. The Morgan fingerprint density at radius 1 is 1.64 bits per heavy atom. The van der Waals surface area contributed by atoms with Gasteiger partial charge in [0.25, 0.3) is 0 Å². The Hall–Kier alpha value is -0.800. The molecule has 1 heterocycles. The second-order valence-corrected chi connectivity index (χ2v) is 3.59. The molecule has 0 radical (unpaired) electrons. The van der Waals surface area contributed by atoms with Gasteiger partial charge in [-0.1, -0.05) is 24.6 Å². The first-order valence-corrected chi connectivity index (χ1v) is 5.04. The number of rotatable bonds is 3. The lowest BCUT2D eigenvalue weighted by molar-refractivity contribution is -0.118. The van der Waals surface area contributed by atoms with Crippen LogP contribution in [-0.2, 0) is 4.79 Å². The van der Waals surface area contributed by atoms with Crippen molar-refractivity contribution in [3.63, 3.8) is 0 Å². The number of alkyl halides is 1. The Kier molecular flexibility index (Phi) is 4.17. The molecular formula is C9H10Cl2N2O. The number of pyridine rings is 1. The number of aromatic nitrogens is 1. The first-order chi connectivity index (χ1) is 6.63. The van der Waals surface area contributed by atoms with Crippen LogP contribution in [0.5, 0.6) is 0 Å². The van der Waals surface area contributed by atoms with Crippen LogP contribution in [0.2, 0.25) is 5.15 Å². The van der Waals surface area contributed by atoms with Crippen molar-refractivity contribution in [2.75, 3.05) is 11.2 Å². The van der Waals surface area contributed by atoms with Crippen LogP contribution in [0.3, 0.4) is 0 Å². The average Bonchev–Trinajstić information content (AvgIpc) is 2.16. The Balaban J connectivity index is 2.65. The van der Waals surface area contributed by atoms with Gasteiger partial charge in [-0.2, -0.15) is 0 Å². The van der Waals surface area contributed by atoms with E-state index in [9.17, 15) is 4.79 Å². The normalized spacial score (nSPS) is 12.2. The molecule has 14 heavy (non-hydrogen) atoms. The topological polar surface area (TPSA) is 42.0 Å². The zero-order chi connectivity index (χ0) is 10.6. The summed E-state index contributed by atoms with van der Waals surface area (Å²) in [4.78, 5) is 15.3. The zero-order valence-electron chi connectivity index (χ0n) is 7.63. The molecule has 1 atom stereocenters. The smallest absolute Gasteiger partial charge is 0.229 e. The average molecular weight is 233 g/mol. The summed E-state index contributed by atoms with van der Waals surface area (Å²) in [6.45, 7) is 1.74. The van der Waals surface area contributed by atoms with Crippen LogP contribution in [0.1, 0.15) is 6.92 Å². The number of nitrogens with zero attached hydrogens (tertiary/aromatic N) is 1. The maximum atomic E-state index is 11.4. The first-order valence-electron chi connectivity index (χ1n) is 4.13. The van der Waals surface area contributed by atoms with Crippen molar-refractivity contribution in [2.45, 2.75) is 6.92 Å². The van der Waals surface area contributed by atoms with Gasteiger partial charge in [-0.15, -0.1) is 11.6 Å². The van der Waals surface area contributed by atoms with Crippen molar-refractivity contribution in [3.8, 4) is 0 Å². The minimum Gasteiger partial charge on any atom is -0.310 e. The lowest BCUT2D eigenvalue weighted by atomic mass is 10.2. The summed E-state index contributed by atoms with van der Waals surface area (Å²) < 4.78 is 0. The summed E-state index contributed by atoms with van der Waals surface area (Å²) in [7, 11) is 0. The third-order valence-electron chi connectivity index (χ3n) is 1.65. The van der Waals surface area contributed by atoms with E-state index in [1.807, 2.05) is 0 Å². The van der Waals surface area contributed by atoms with Crippen molar-refractivity contribution in [1.82, 2.24) is 4.98 Å². The van der Waals surface area contributed by atoms with Gasteiger partial charge in [0.15, 0.2) is 0 Å². The van der Waals surface area contributed by atoms with Crippen LogP contribution >= 0.6 is 23.2 Å². The maximum Gasteiger partial charge on any atom is 0.229 e. The van der Waals surface area contributed by atoms with E-state index in [0.717, 1.165) is 0 Å². The molecule has 1 aromatic heterocycles. The second kappa shape index (κ2) is 5.17. The van der Waals surface area contributed by atoms with E-state index in [-0.39, 0.29) is 17.7 Å². The number of hydrogen-bond donors (Lipinski definition) is 1. The maximum absolute atomic E-state index is 11.4. The van der Waals surface area contributed by atoms with Crippen LogP contribution < -0.4 is 5.32 Å². The van der Waals surface area contributed by atoms with Gasteiger partial charge in [-0.25, -0.2) is 4.98 Å². The summed E-state index contributed by atoms with van der Waals surface area (Å²) in [6, 6.07) is 5.03. The standard InChI is InChI=1S/C9H10Cl2N2O/c1-6(5-10)9(14)13-8-4-2-3-7(11)12-8/h2-4,6H,5H2,1H3,(H,12,13,14). The van der Waals surface area contributed by atoms with E-state index >= 15 is 0 Å². The van der Waals surface area contributed by atoms with Gasteiger partial charge < -0.3 is 5.32 Å². The zero-order valence-corrected chi connectivity index (χ0v) is 9.14. The molecule has 1 amide bonds. The van der Waals surface area contributed by atoms with Gasteiger partial charge in [0.2, 0.25) is 5.91 Å². The van der Waals surface area contributed by atoms with E-state index in [1.165, 1.54) is 0 Å². The highest BCUT2D eigenvalue weighted by Crippen LogP contribution is 2.10. The minimum atomic E-state index is -0.238. The third kappa shape index (κ3) is 3.16. The number of halogens is 2. The fraction of sp³-hybridized carbons (Fsp3) is 0.333. The monoisotopic (exact) mass is 232 g/mol. The first kappa shape index (κ1) is 11.3. The number of carbonyl (C=O) groups excluding carboxylic acids is 1. The molecule has 0 bridgehead atoms. The van der Waals surface area contributed by atoms with E-state index in [4.69, 9.17) is 23.2 Å². The molecule has 1 unspecified atom stereocenters. The predicted molar refractivity (Wildman–Crippen MR) is 57.8 cm³/mol. The molecule has 0 aliphatic rings. The van der Waals surface area contributed by atoms with Crippen LogP contribution in [0.4, 0.5) is 5.82 Å². The number of carbonyl (C=O) groups is 1. The number of anilines is 1. The molecule has 0 saturated carbocycles. The molecule has 1 aromatic rings. The lowest BCUT2D eigenvalue weighted by Gasteiger charge is -2.08. The number of nitrogens with one attached hydrogen (secondary N) is 1. The molecule has 0 aromatic carbocycles. The summed E-state index contributed by atoms with van der Waals surface area (Å²) in [5.74, 6) is 0.332. The molecule has 0 aliphatic carbocycles. The predicted octanol–water partition coefficient (Wildman–Crippen LogP) is 2.55. The van der Waals surface area contributed by atoms with E-state index < -0.39 is 0 Å². The molecule has 1 N–H and O–H groups in total. The van der Waals surface area contributed by atoms with Crippen molar-refractivity contribution < 1.29 is 4.79 Å². The molecule has 76 valence electrons. The van der Waals surface area contributed by atoms with Crippen LogP contribution in [-0.4, -0.2) is 16.8 Å². The van der Waals surface area contributed by atoms with Crippen molar-refractivity contribution >= 4 is 34.9 Å². The lowest BCUT2D eigenvalue weighted by Crippen LogP contribution is -2.21. The van der Waals surface area contributed by atoms with Gasteiger partial charge in [-0.3, -0.25) is 4.79 Å². The quantitative estimate of drug-likeness (QED) is 0.643. The molecular weight excluding hydrogens is 223 g/mol. The van der Waals surface area contributed by atoms with Gasteiger partial charge in [0.1, 0.15) is 11.0 Å². The van der Waals surface area contributed by atoms with Gasteiger partial charge >= 0.3 is 0 Å². The summed E-state index contributed by atoms with van der Waals surface area (Å²) in [5.41, 5.74) is 0. The van der Waals surface area contributed by atoms with Crippen LogP contribution in [0.25, 0.3) is 0 Å². The van der Waals surface area contributed by atoms with E-state index in [2.05, 4.69) is 10.3 Å². The molecule has 1 rings (SSSR count). The van der Waals surface area contributed by atoms with Gasteiger partial charge in [-0.05, 0) is 12.1 Å². The van der Waals surface area contributed by atoms with E-state index in [1.54, 1.807) is 25.1 Å². The third-order valence-corrected chi connectivity index (χ3v) is 2.32. The van der Waals surface area contributed by atoms with E-state index in [0.29, 0.717) is 11.0 Å². The highest BCUT2D eigenvalue weighted by Gasteiger charge is 2.11. The molecule has 0 aliphatic heterocycles. The summed E-state index contributed by atoms with van der Waals surface area (Å²) in [5, 5.41) is 2.96. The van der Waals surface area contributed by atoms with Crippen molar-refractivity contribution in [1.29, 1.82) is 0 Å². The number of hydrogen-bond acceptors (Lipinski definition) is 2. The summed E-state index contributed by atoms with van der Waals surface area (Å²) in [6.07, 6.45) is 0. The largest absolute Gasteiger partial charge is 0.310 e. The Labute approximate surface area is 92.4 Å². The Morgan fingerprint density at radius 3 is 2.93 bits per heavy atom. The number of amides is 1. The van der Waals surface area contributed by atoms with Crippen molar-refractivity contribution in [3.05, 3.63) is 23.4 Å². The highest BCUT2D eigenvalue weighted by molar-refractivity contribution is 6.29. The minimum absolute atomic E-state index is 0.158. The van der Waals surface area contributed by atoms with Crippen LogP contribution in [0, 0.1) is 5.92 Å². The van der Waals surface area contributed by atoms with Crippen LogP contribution in [0.15, 0.2) is 18.2 Å². The van der Waals surface area contributed by atoms with Crippen molar-refractivity contribution in [2.24, 2.45) is 5.92 Å². The fourth-order valence-electron chi connectivity index (χ4n) is 0.797. The van der Waals surface area contributed by atoms with Gasteiger partial charge in [0, 0.05) is 11.8 Å². The Morgan fingerprint density at radius 2 is 2.36 bits per heavy atom. The molecule has 5 heteroatoms. The highest BCUT2D eigenvalue weighted by atomic mass is 35.5. The Bertz CT molecular complexity index is 330.